The van der Waals surface area contributed by atoms with Crippen LogP contribution in [0.1, 0.15) is 13.8 Å². The van der Waals surface area contributed by atoms with Crippen molar-refractivity contribution in [1.82, 2.24) is 4.72 Å². The van der Waals surface area contributed by atoms with Crippen LogP contribution in [-0.4, -0.2) is 27.7 Å². The molecule has 1 aromatic rings. The second kappa shape index (κ2) is 6.06. The van der Waals surface area contributed by atoms with E-state index in [-0.39, 0.29) is 17.3 Å². The smallest absolute Gasteiger partial charge is 0.244 e. The summed E-state index contributed by atoms with van der Waals surface area (Å²) in [6.45, 7) is 3.32. The lowest BCUT2D eigenvalue weighted by molar-refractivity contribution is 0.0929. The quantitative estimate of drug-likeness (QED) is 0.773. The molecule has 0 aromatic heterocycles. The maximum absolute atomic E-state index is 12.3. The van der Waals surface area contributed by atoms with E-state index in [1.54, 1.807) is 19.9 Å². The first kappa shape index (κ1) is 16.2. The van der Waals surface area contributed by atoms with Gasteiger partial charge in [-0.1, -0.05) is 11.6 Å². The van der Waals surface area contributed by atoms with Crippen LogP contribution >= 0.6 is 11.6 Å². The molecule has 0 spiro atoms. The predicted molar refractivity (Wildman–Crippen MR) is 72.5 cm³/mol. The minimum Gasteiger partial charge on any atom is -0.495 e. The number of sulfonamides is 1. The number of rotatable bonds is 6. The van der Waals surface area contributed by atoms with Crippen molar-refractivity contribution in [1.29, 1.82) is 0 Å². The van der Waals surface area contributed by atoms with E-state index in [2.05, 4.69) is 9.56 Å². The van der Waals surface area contributed by atoms with Gasteiger partial charge in [0.05, 0.1) is 19.3 Å². The fourth-order valence-corrected chi connectivity index (χ4v) is 3.35. The molecule has 0 saturated heterocycles. The molecule has 0 fully saturated rings. The molecule has 0 aliphatic rings. The Balaban J connectivity index is 3.17. The van der Waals surface area contributed by atoms with Crippen LogP contribution in [0.25, 0.3) is 0 Å². The average molecular weight is 309 g/mol. The number of methoxy groups -OCH3 is 1. The van der Waals surface area contributed by atoms with E-state index in [1.807, 2.05) is 0 Å². The number of halogens is 1. The average Bonchev–Trinajstić information content (AvgIpc) is 2.27. The van der Waals surface area contributed by atoms with Gasteiger partial charge in [0.1, 0.15) is 10.6 Å². The number of nitrogens with one attached hydrogen (secondary N) is 1. The third-order valence-corrected chi connectivity index (χ3v) is 4.22. The van der Waals surface area contributed by atoms with Gasteiger partial charge in [0.15, 0.2) is 0 Å². The highest BCUT2D eigenvalue weighted by molar-refractivity contribution is 7.89. The van der Waals surface area contributed by atoms with Crippen LogP contribution in [0.4, 0.5) is 0 Å². The van der Waals surface area contributed by atoms with Crippen LogP contribution in [0.3, 0.4) is 0 Å². The summed E-state index contributed by atoms with van der Waals surface area (Å²) >= 11 is 5.82. The van der Waals surface area contributed by atoms with Crippen molar-refractivity contribution in [3.8, 4) is 5.75 Å². The topological polar surface area (TPSA) is 90.7 Å². The Hall–Kier alpha value is -0.860. The Morgan fingerprint density at radius 2 is 2.05 bits per heavy atom. The number of hydrogen-bond acceptors (Lipinski definition) is 5. The standard InChI is InChI=1S/C11H17ClN2O4S/c1-11(2,7-18-13)14-19(15,16)10-6-8(12)4-5-9(10)17-3/h4-6,14H,7,13H2,1-3H3. The van der Waals surface area contributed by atoms with E-state index >= 15 is 0 Å². The van der Waals surface area contributed by atoms with E-state index in [0.29, 0.717) is 5.02 Å². The second-order valence-electron chi connectivity index (χ2n) is 4.60. The largest absolute Gasteiger partial charge is 0.495 e. The molecule has 0 aliphatic carbocycles. The van der Waals surface area contributed by atoms with Gasteiger partial charge in [0.25, 0.3) is 0 Å². The van der Waals surface area contributed by atoms with Crippen molar-refractivity contribution in [2.75, 3.05) is 13.7 Å². The molecule has 0 amide bonds. The zero-order valence-corrected chi connectivity index (χ0v) is 12.5. The van der Waals surface area contributed by atoms with E-state index < -0.39 is 15.6 Å². The lowest BCUT2D eigenvalue weighted by atomic mass is 10.1. The molecule has 6 nitrogen and oxygen atoms in total. The normalized spacial score (nSPS) is 12.5. The van der Waals surface area contributed by atoms with Gasteiger partial charge in [0.2, 0.25) is 10.0 Å². The molecule has 3 N–H and O–H groups in total. The maximum Gasteiger partial charge on any atom is 0.244 e. The number of benzene rings is 1. The van der Waals surface area contributed by atoms with Gasteiger partial charge in [-0.05, 0) is 32.0 Å². The van der Waals surface area contributed by atoms with Crippen LogP contribution in [0.2, 0.25) is 5.02 Å². The van der Waals surface area contributed by atoms with Gasteiger partial charge in [-0.3, -0.25) is 0 Å². The predicted octanol–water partition coefficient (Wildman–Crippen LogP) is 1.30. The van der Waals surface area contributed by atoms with Gasteiger partial charge in [0, 0.05) is 5.02 Å². The highest BCUT2D eigenvalue weighted by Crippen LogP contribution is 2.27. The summed E-state index contributed by atoms with van der Waals surface area (Å²) < 4.78 is 32.1. The van der Waals surface area contributed by atoms with E-state index in [9.17, 15) is 8.42 Å². The minimum absolute atomic E-state index is 0.0229. The molecule has 108 valence electrons. The molecule has 0 atom stereocenters. The summed E-state index contributed by atoms with van der Waals surface area (Å²) in [4.78, 5) is 4.45. The van der Waals surface area contributed by atoms with Crippen molar-refractivity contribution < 1.29 is 18.0 Å². The van der Waals surface area contributed by atoms with E-state index in [4.69, 9.17) is 22.2 Å². The summed E-state index contributed by atoms with van der Waals surface area (Å²) in [6, 6.07) is 4.36. The van der Waals surface area contributed by atoms with Gasteiger partial charge in [-0.25, -0.2) is 19.0 Å². The lowest BCUT2D eigenvalue weighted by Gasteiger charge is -2.25. The van der Waals surface area contributed by atoms with Crippen molar-refractivity contribution in [2.24, 2.45) is 5.90 Å². The first-order valence-corrected chi connectivity index (χ1v) is 7.27. The molecule has 19 heavy (non-hydrogen) atoms. The van der Waals surface area contributed by atoms with Crippen molar-refractivity contribution in [2.45, 2.75) is 24.3 Å². The lowest BCUT2D eigenvalue weighted by Crippen LogP contribution is -2.47. The first-order chi connectivity index (χ1) is 8.72. The summed E-state index contributed by atoms with van der Waals surface area (Å²) in [5.74, 6) is 5.18. The number of hydrogen-bond donors (Lipinski definition) is 2. The van der Waals surface area contributed by atoms with Crippen LogP contribution in [0.5, 0.6) is 5.75 Å². The summed E-state index contributed by atoms with van der Waals surface area (Å²) in [5.41, 5.74) is -0.860. The fourth-order valence-electron chi connectivity index (χ4n) is 1.52. The number of nitrogens with two attached hydrogens (primary N) is 1. The maximum atomic E-state index is 12.3. The van der Waals surface area contributed by atoms with Crippen molar-refractivity contribution in [3.63, 3.8) is 0 Å². The zero-order valence-electron chi connectivity index (χ0n) is 10.9. The summed E-state index contributed by atoms with van der Waals surface area (Å²) in [6.07, 6.45) is 0. The highest BCUT2D eigenvalue weighted by Gasteiger charge is 2.28. The molecule has 0 heterocycles. The van der Waals surface area contributed by atoms with Gasteiger partial charge < -0.3 is 9.57 Å². The molecular formula is C11H17ClN2O4S. The monoisotopic (exact) mass is 308 g/mol. The van der Waals surface area contributed by atoms with Crippen LogP contribution in [0, 0.1) is 0 Å². The molecule has 0 aliphatic heterocycles. The molecule has 0 saturated carbocycles. The van der Waals surface area contributed by atoms with Gasteiger partial charge in [-0.2, -0.15) is 0 Å². The third-order valence-electron chi connectivity index (χ3n) is 2.27. The Morgan fingerprint density at radius 3 is 2.58 bits per heavy atom. The molecule has 1 aromatic carbocycles. The molecule has 0 radical (unpaired) electrons. The molecular weight excluding hydrogens is 292 g/mol. The molecule has 0 unspecified atom stereocenters. The van der Waals surface area contributed by atoms with Crippen molar-refractivity contribution in [3.05, 3.63) is 23.2 Å². The van der Waals surface area contributed by atoms with Crippen molar-refractivity contribution >= 4 is 21.6 Å². The van der Waals surface area contributed by atoms with Crippen LogP contribution in [0.15, 0.2) is 23.1 Å². The van der Waals surface area contributed by atoms with Crippen LogP contribution < -0.4 is 15.4 Å². The van der Waals surface area contributed by atoms with Crippen LogP contribution in [-0.2, 0) is 14.9 Å². The Morgan fingerprint density at radius 1 is 1.42 bits per heavy atom. The zero-order chi connectivity index (χ0) is 14.7. The van der Waals surface area contributed by atoms with E-state index in [1.165, 1.54) is 19.2 Å². The number of ether oxygens (including phenoxy) is 1. The van der Waals surface area contributed by atoms with Gasteiger partial charge >= 0.3 is 0 Å². The summed E-state index contributed by atoms with van der Waals surface area (Å²) in [5, 5.41) is 0.300. The molecule has 8 heteroatoms. The highest BCUT2D eigenvalue weighted by atomic mass is 35.5. The Kier molecular flexibility index (Phi) is 5.17. The van der Waals surface area contributed by atoms with Gasteiger partial charge in [-0.15, -0.1) is 0 Å². The Bertz CT molecular complexity index is 546. The second-order valence-corrected chi connectivity index (χ2v) is 6.68. The summed E-state index contributed by atoms with van der Waals surface area (Å²) in [7, 11) is -2.42. The van der Waals surface area contributed by atoms with E-state index in [0.717, 1.165) is 0 Å². The molecule has 0 bridgehead atoms. The minimum atomic E-state index is -3.80. The molecule has 1 rings (SSSR count). The SMILES string of the molecule is COc1ccc(Cl)cc1S(=O)(=O)NC(C)(C)CON. The first-order valence-electron chi connectivity index (χ1n) is 5.41. The fraction of sp³-hybridized carbons (Fsp3) is 0.455. The Labute approximate surface area is 117 Å². The third kappa shape index (κ3) is 4.32.